The number of aromatic hydroxyl groups is 1. The normalized spacial score (nSPS) is 11.3. The molecule has 0 heterocycles. The van der Waals surface area contributed by atoms with Crippen molar-refractivity contribution >= 4 is 17.6 Å². The third-order valence-electron chi connectivity index (χ3n) is 3.46. The maximum absolute atomic E-state index is 11.1. The Morgan fingerprint density at radius 2 is 1.82 bits per heavy atom. The Hall–Kier alpha value is -2.81. The molecule has 0 atom stereocenters. The number of aryl methyl sites for hydroxylation is 1. The van der Waals surface area contributed by atoms with Gasteiger partial charge in [0.2, 0.25) is 0 Å². The Morgan fingerprint density at radius 1 is 1.14 bits per heavy atom. The summed E-state index contributed by atoms with van der Waals surface area (Å²) >= 11 is 0. The predicted molar refractivity (Wildman–Crippen MR) is 88.9 cm³/mol. The molecular weight excluding hydrogens is 276 g/mol. The molecule has 0 aliphatic rings. The van der Waals surface area contributed by atoms with E-state index in [-0.39, 0.29) is 11.3 Å². The van der Waals surface area contributed by atoms with E-state index in [4.69, 9.17) is 5.11 Å². The average molecular weight is 294 g/mol. The topological polar surface area (TPSA) is 57.5 Å². The lowest BCUT2D eigenvalue weighted by molar-refractivity contribution is 0.0693. The van der Waals surface area contributed by atoms with Gasteiger partial charge in [-0.15, -0.1) is 0 Å². The smallest absolute Gasteiger partial charge is 0.339 e. The van der Waals surface area contributed by atoms with Crippen LogP contribution in [0.4, 0.5) is 0 Å². The highest BCUT2D eigenvalue weighted by atomic mass is 16.4. The van der Waals surface area contributed by atoms with E-state index >= 15 is 0 Å². The second-order valence-corrected chi connectivity index (χ2v) is 5.24. The van der Waals surface area contributed by atoms with E-state index < -0.39 is 5.97 Å². The van der Waals surface area contributed by atoms with Gasteiger partial charge in [-0.3, -0.25) is 0 Å². The minimum absolute atomic E-state index is 0.111. The van der Waals surface area contributed by atoms with Gasteiger partial charge in [0.1, 0.15) is 11.3 Å². The maximum Gasteiger partial charge on any atom is 0.339 e. The van der Waals surface area contributed by atoms with Crippen molar-refractivity contribution < 1.29 is 15.0 Å². The van der Waals surface area contributed by atoms with Crippen LogP contribution in [0.2, 0.25) is 0 Å². The van der Waals surface area contributed by atoms with Gasteiger partial charge in [0, 0.05) is 0 Å². The van der Waals surface area contributed by atoms with Crippen LogP contribution in [-0.4, -0.2) is 16.2 Å². The van der Waals surface area contributed by atoms with Crippen molar-refractivity contribution in [2.75, 3.05) is 0 Å². The molecule has 112 valence electrons. The number of rotatable bonds is 4. The van der Waals surface area contributed by atoms with Crippen LogP contribution in [0.15, 0.2) is 54.6 Å². The van der Waals surface area contributed by atoms with Crippen LogP contribution in [0, 0.1) is 6.92 Å². The van der Waals surface area contributed by atoms with Crippen LogP contribution >= 0.6 is 0 Å². The van der Waals surface area contributed by atoms with Gasteiger partial charge in [-0.05, 0) is 54.3 Å². The van der Waals surface area contributed by atoms with Crippen molar-refractivity contribution in [3.63, 3.8) is 0 Å². The summed E-state index contributed by atoms with van der Waals surface area (Å²) < 4.78 is 0. The number of aromatic carboxylic acids is 1. The Kier molecular flexibility index (Phi) is 4.47. The van der Waals surface area contributed by atoms with Crippen LogP contribution in [0.5, 0.6) is 5.75 Å². The van der Waals surface area contributed by atoms with Crippen LogP contribution in [0.3, 0.4) is 0 Å². The van der Waals surface area contributed by atoms with Crippen LogP contribution in [-0.2, 0) is 0 Å². The van der Waals surface area contributed by atoms with Crippen molar-refractivity contribution in [2.45, 2.75) is 13.8 Å². The van der Waals surface area contributed by atoms with E-state index in [0.29, 0.717) is 5.56 Å². The molecule has 0 amide bonds. The molecular formula is C19H18O3. The number of phenols is 1. The number of allylic oxidation sites excluding steroid dienone is 2. The average Bonchev–Trinajstić information content (AvgIpc) is 2.46. The molecule has 0 bridgehead atoms. The third-order valence-corrected chi connectivity index (χ3v) is 3.46. The summed E-state index contributed by atoms with van der Waals surface area (Å²) in [5, 5.41) is 18.7. The van der Waals surface area contributed by atoms with Crippen LogP contribution in [0.25, 0.3) is 11.6 Å². The number of benzene rings is 2. The van der Waals surface area contributed by atoms with Gasteiger partial charge >= 0.3 is 5.97 Å². The van der Waals surface area contributed by atoms with E-state index in [1.165, 1.54) is 12.1 Å². The number of hydrogen-bond acceptors (Lipinski definition) is 2. The van der Waals surface area contributed by atoms with E-state index in [9.17, 15) is 9.90 Å². The molecule has 2 rings (SSSR count). The molecule has 0 unspecified atom stereocenters. The van der Waals surface area contributed by atoms with Crippen molar-refractivity contribution in [3.05, 3.63) is 76.9 Å². The summed E-state index contributed by atoms with van der Waals surface area (Å²) in [6, 6.07) is 12.5. The lowest BCUT2D eigenvalue weighted by Crippen LogP contribution is -1.97. The zero-order chi connectivity index (χ0) is 16.3. The lowest BCUT2D eigenvalue weighted by atomic mass is 9.93. The molecule has 0 spiro atoms. The van der Waals surface area contributed by atoms with Crippen LogP contribution in [0.1, 0.15) is 34.0 Å². The van der Waals surface area contributed by atoms with E-state index in [0.717, 1.165) is 22.3 Å². The summed E-state index contributed by atoms with van der Waals surface area (Å²) in [5.41, 5.74) is 4.60. The summed E-state index contributed by atoms with van der Waals surface area (Å²) in [6.45, 7) is 7.94. The Balaban J connectivity index is 2.57. The zero-order valence-corrected chi connectivity index (χ0v) is 12.6. The van der Waals surface area contributed by atoms with Gasteiger partial charge in [0.25, 0.3) is 0 Å². The summed E-state index contributed by atoms with van der Waals surface area (Å²) in [5.74, 6) is -1.39. The van der Waals surface area contributed by atoms with Crippen molar-refractivity contribution in [1.82, 2.24) is 0 Å². The minimum atomic E-state index is -1.15. The largest absolute Gasteiger partial charge is 0.507 e. The van der Waals surface area contributed by atoms with Gasteiger partial charge in [0.05, 0.1) is 0 Å². The quantitative estimate of drug-likeness (QED) is 0.644. The minimum Gasteiger partial charge on any atom is -0.507 e. The van der Waals surface area contributed by atoms with Gasteiger partial charge in [-0.1, -0.05) is 42.5 Å². The fraction of sp³-hybridized carbons (Fsp3) is 0.105. The molecule has 0 saturated heterocycles. The number of hydrogen-bond donors (Lipinski definition) is 2. The summed E-state index contributed by atoms with van der Waals surface area (Å²) in [7, 11) is 0. The first-order chi connectivity index (χ1) is 10.4. The standard InChI is InChI=1S/C19H18O3/c1-12(2)16(15-7-5-4-6-13(15)3)10-14-8-9-18(20)17(11-14)19(21)22/h4-11,20H,1H2,2-3H3,(H,21,22)/b16-10+. The van der Waals surface area contributed by atoms with Gasteiger partial charge in [-0.2, -0.15) is 0 Å². The zero-order valence-electron chi connectivity index (χ0n) is 12.6. The highest BCUT2D eigenvalue weighted by molar-refractivity contribution is 5.94. The second kappa shape index (κ2) is 6.31. The van der Waals surface area contributed by atoms with Crippen molar-refractivity contribution in [2.24, 2.45) is 0 Å². The highest BCUT2D eigenvalue weighted by Gasteiger charge is 2.11. The van der Waals surface area contributed by atoms with Gasteiger partial charge in [-0.25, -0.2) is 4.79 Å². The molecule has 2 N–H and O–H groups in total. The molecule has 0 saturated carbocycles. The number of carboxylic acids is 1. The van der Waals surface area contributed by atoms with E-state index in [1.807, 2.05) is 44.2 Å². The van der Waals surface area contributed by atoms with Crippen molar-refractivity contribution in [3.8, 4) is 5.75 Å². The first kappa shape index (κ1) is 15.6. The summed E-state index contributed by atoms with van der Waals surface area (Å²) in [4.78, 5) is 11.1. The summed E-state index contributed by atoms with van der Waals surface area (Å²) in [6.07, 6.45) is 1.89. The second-order valence-electron chi connectivity index (χ2n) is 5.24. The van der Waals surface area contributed by atoms with Crippen LogP contribution < -0.4 is 0 Å². The van der Waals surface area contributed by atoms with Gasteiger partial charge in [0.15, 0.2) is 0 Å². The lowest BCUT2D eigenvalue weighted by Gasteiger charge is -2.11. The fourth-order valence-corrected chi connectivity index (χ4v) is 2.29. The number of carbonyl (C=O) groups is 1. The molecule has 2 aromatic rings. The molecule has 0 aliphatic carbocycles. The third kappa shape index (κ3) is 3.26. The van der Waals surface area contributed by atoms with E-state index in [2.05, 4.69) is 6.58 Å². The Labute approximate surface area is 129 Å². The molecule has 0 aliphatic heterocycles. The Bertz CT molecular complexity index is 770. The van der Waals surface area contributed by atoms with Gasteiger partial charge < -0.3 is 10.2 Å². The number of carboxylic acid groups (broad SMARTS) is 1. The molecule has 2 aromatic carbocycles. The first-order valence-corrected chi connectivity index (χ1v) is 6.90. The molecule has 0 aromatic heterocycles. The molecule has 22 heavy (non-hydrogen) atoms. The molecule has 3 nitrogen and oxygen atoms in total. The van der Waals surface area contributed by atoms with Crippen molar-refractivity contribution in [1.29, 1.82) is 0 Å². The predicted octanol–water partition coefficient (Wildman–Crippen LogP) is 4.52. The van der Waals surface area contributed by atoms with E-state index in [1.54, 1.807) is 6.07 Å². The SMILES string of the molecule is C=C(C)/C(=C\c1ccc(O)c(C(=O)O)c1)c1ccccc1C. The molecule has 3 heteroatoms. The Morgan fingerprint density at radius 3 is 2.41 bits per heavy atom. The molecule has 0 radical (unpaired) electrons. The monoisotopic (exact) mass is 294 g/mol. The maximum atomic E-state index is 11.1. The fourth-order valence-electron chi connectivity index (χ4n) is 2.29. The highest BCUT2D eigenvalue weighted by Crippen LogP contribution is 2.28. The molecule has 0 fully saturated rings. The first-order valence-electron chi connectivity index (χ1n) is 6.90.